The molecule has 0 aliphatic heterocycles. The van der Waals surface area contributed by atoms with Crippen LogP contribution >= 0.6 is 0 Å². The zero-order chi connectivity index (χ0) is 12.7. The van der Waals surface area contributed by atoms with E-state index in [1.165, 1.54) is 0 Å². The van der Waals surface area contributed by atoms with Crippen molar-refractivity contribution in [3.63, 3.8) is 0 Å². The first kappa shape index (κ1) is 18.4. The normalized spacial score (nSPS) is 14.4. The van der Waals surface area contributed by atoms with Gasteiger partial charge in [-0.1, -0.05) is 4.13 Å². The predicted molar refractivity (Wildman–Crippen MR) is 33.1 cm³/mol. The van der Waals surface area contributed by atoms with Gasteiger partial charge in [0.15, 0.2) is 0 Å². The van der Waals surface area contributed by atoms with Crippen LogP contribution in [-0.2, 0) is 39.5 Å². The van der Waals surface area contributed by atoms with Gasteiger partial charge in [-0.2, -0.15) is 26.3 Å². The average molecular weight is 347 g/mol. The van der Waals surface area contributed by atoms with Gasteiger partial charge in [0, 0.05) is 19.5 Å². The topological polar surface area (TPSA) is 80.3 Å². The molecule has 0 aromatic carbocycles. The van der Waals surface area contributed by atoms with Gasteiger partial charge in [-0.15, -0.1) is 0 Å². The fourth-order valence-electron chi connectivity index (χ4n) is 0.239. The largest absolute Gasteiger partial charge is 0.512 e. The Hall–Kier alpha value is 0.0634. The molecule has 0 fully saturated rings. The molecule has 16 heavy (non-hydrogen) atoms. The van der Waals surface area contributed by atoms with Gasteiger partial charge in [0.05, 0.1) is 0 Å². The van der Waals surface area contributed by atoms with Crippen LogP contribution in [0.1, 0.15) is 0 Å². The number of hydrogen-bond acceptors (Lipinski definition) is 4. The van der Waals surface area contributed by atoms with Crippen LogP contribution in [0.15, 0.2) is 0 Å². The van der Waals surface area contributed by atoms with Crippen molar-refractivity contribution in [2.24, 2.45) is 0 Å². The van der Waals surface area contributed by atoms with E-state index in [1.807, 2.05) is 0 Å². The van der Waals surface area contributed by atoms with Crippen LogP contribution in [0.25, 0.3) is 0 Å². The van der Waals surface area contributed by atoms with Gasteiger partial charge in [0.2, 0.25) is 0 Å². The van der Waals surface area contributed by atoms with E-state index in [-0.39, 0.29) is 19.5 Å². The van der Waals surface area contributed by atoms with Gasteiger partial charge in [0.1, 0.15) is 0 Å². The molecule has 0 unspecified atom stereocenters. The Morgan fingerprint density at radius 2 is 0.875 bits per heavy atom. The molecule has 0 rings (SSSR count). The van der Waals surface area contributed by atoms with Crippen molar-refractivity contribution in [3.05, 3.63) is 0 Å². The Labute approximate surface area is 98.1 Å². The summed E-state index contributed by atoms with van der Waals surface area (Å²) in [6.45, 7) is 0. The molecule has 0 radical (unpaired) electrons. The number of hydrogen-bond donors (Lipinski definition) is 1. The van der Waals surface area contributed by atoms with Crippen molar-refractivity contribution in [1.82, 2.24) is 4.13 Å². The summed E-state index contributed by atoms with van der Waals surface area (Å²) in [5, 5.41) is 0. The fraction of sp³-hybridized carbons (Fsp3) is 1.00. The zero-order valence-corrected chi connectivity index (χ0v) is 11.5. The second-order valence-electron chi connectivity index (χ2n) is 1.98. The molecule has 0 amide bonds. The summed E-state index contributed by atoms with van der Waals surface area (Å²) in [6, 6.07) is 0. The third-order valence-electron chi connectivity index (χ3n) is 0.829. The van der Waals surface area contributed by atoms with Crippen molar-refractivity contribution in [2.45, 2.75) is 11.0 Å². The second kappa shape index (κ2) is 4.74. The van der Waals surface area contributed by atoms with E-state index in [9.17, 15) is 43.2 Å². The van der Waals surface area contributed by atoms with Crippen LogP contribution < -0.4 is 4.13 Å². The van der Waals surface area contributed by atoms with Gasteiger partial charge in [-0.3, -0.25) is 0 Å². The Morgan fingerprint density at radius 3 is 1.00 bits per heavy atom. The molecular weight excluding hydrogens is 346 g/mol. The molecule has 5 nitrogen and oxygen atoms in total. The predicted octanol–water partition coefficient (Wildman–Crippen LogP) is 0.273. The van der Waals surface area contributed by atoms with Crippen LogP contribution in [0.3, 0.4) is 0 Å². The molecule has 1 N–H and O–H groups in total. The number of alkyl halides is 6. The smallest absolute Gasteiger partial charge is 0.202 e. The molecule has 94 valence electrons. The maximum Gasteiger partial charge on any atom is 0.512 e. The van der Waals surface area contributed by atoms with Crippen LogP contribution in [-0.4, -0.2) is 27.9 Å². The summed E-state index contributed by atoms with van der Waals surface area (Å²) in [7, 11) is -13.2. The van der Waals surface area contributed by atoms with E-state index in [2.05, 4.69) is 0 Å². The summed E-state index contributed by atoms with van der Waals surface area (Å²) in [6.07, 6.45) is 0. The van der Waals surface area contributed by atoms with Gasteiger partial charge < -0.3 is 0 Å². The van der Waals surface area contributed by atoms with Gasteiger partial charge in [-0.05, 0) is 0 Å². The molecular formula is C2HF6NO4S2Zn. The van der Waals surface area contributed by atoms with E-state index in [1.54, 1.807) is 0 Å². The second-order valence-corrected chi connectivity index (χ2v) is 5.59. The monoisotopic (exact) mass is 345 g/mol. The van der Waals surface area contributed by atoms with E-state index in [0.717, 1.165) is 0 Å². The van der Waals surface area contributed by atoms with Gasteiger partial charge in [-0.25, -0.2) is 16.8 Å². The van der Waals surface area contributed by atoms with Crippen LogP contribution in [0, 0.1) is 0 Å². The molecule has 0 saturated carbocycles. The molecule has 0 aliphatic carbocycles. The molecule has 14 heteroatoms. The molecule has 0 aromatic rings. The first-order valence-electron chi connectivity index (χ1n) is 2.62. The van der Waals surface area contributed by atoms with E-state index in [0.29, 0.717) is 0 Å². The summed E-state index contributed by atoms with van der Waals surface area (Å²) in [4.78, 5) is 0. The van der Waals surface area contributed by atoms with Gasteiger partial charge in [0.25, 0.3) is 0 Å². The van der Waals surface area contributed by atoms with Crippen molar-refractivity contribution >= 4 is 20.0 Å². The number of rotatable bonds is 2. The Morgan fingerprint density at radius 1 is 0.688 bits per heavy atom. The number of sulfonamides is 2. The van der Waals surface area contributed by atoms with Crippen LogP contribution in [0.2, 0.25) is 0 Å². The van der Waals surface area contributed by atoms with Crippen molar-refractivity contribution in [2.75, 3.05) is 0 Å². The van der Waals surface area contributed by atoms with E-state index in [4.69, 9.17) is 0 Å². The third kappa shape index (κ3) is 4.14. The standard InChI is InChI=1S/C2HF6NO4S2.Zn/c3-1(4,5)14(10,11)9-15(12,13)2(6,7)8;/h9H;. The fourth-order valence-corrected chi connectivity index (χ4v) is 2.15. The maximum atomic E-state index is 11.5. The van der Waals surface area contributed by atoms with Crippen LogP contribution in [0.4, 0.5) is 26.3 Å². The SMILES string of the molecule is O=S(=O)(NS(=O)(=O)C(F)(F)F)C(F)(F)F.[Zn]. The van der Waals surface area contributed by atoms with Crippen molar-refractivity contribution in [3.8, 4) is 0 Å². The van der Waals surface area contributed by atoms with E-state index < -0.39 is 35.2 Å². The van der Waals surface area contributed by atoms with E-state index >= 15 is 0 Å². The first-order chi connectivity index (χ1) is 6.21. The van der Waals surface area contributed by atoms with Gasteiger partial charge >= 0.3 is 31.1 Å². The summed E-state index contributed by atoms with van der Waals surface area (Å²) in [5.74, 6) is 0. The number of nitrogens with one attached hydrogen (secondary N) is 1. The zero-order valence-electron chi connectivity index (χ0n) is 6.92. The Kier molecular flexibility index (Phi) is 5.46. The molecule has 0 aliphatic rings. The summed E-state index contributed by atoms with van der Waals surface area (Å²) in [5.41, 5.74) is -12.3. The minimum atomic E-state index is -6.60. The maximum absolute atomic E-state index is 11.5. The summed E-state index contributed by atoms with van der Waals surface area (Å²) >= 11 is 0. The molecule has 0 atom stereocenters. The van der Waals surface area contributed by atoms with Crippen molar-refractivity contribution in [1.29, 1.82) is 0 Å². The summed E-state index contributed by atoms with van der Waals surface area (Å²) < 4.78 is 108. The first-order valence-corrected chi connectivity index (χ1v) is 5.58. The minimum Gasteiger partial charge on any atom is -0.202 e. The van der Waals surface area contributed by atoms with Crippen LogP contribution in [0.5, 0.6) is 0 Å². The Balaban J connectivity index is 0. The molecule has 0 aromatic heterocycles. The molecule has 0 heterocycles. The third-order valence-corrected chi connectivity index (χ3v) is 3.80. The molecule has 0 bridgehead atoms. The number of halogens is 6. The quantitative estimate of drug-likeness (QED) is 0.575. The average Bonchev–Trinajstić information content (AvgIpc) is 1.77. The van der Waals surface area contributed by atoms with Crippen molar-refractivity contribution < 1.29 is 62.7 Å². The molecule has 0 spiro atoms. The molecule has 0 saturated heterocycles. The Bertz CT molecular complexity index is 390. The minimum absolute atomic E-state index is 0.